The molecule has 6 heteroatoms. The number of nitrogen functional groups attached to an aromatic ring is 1. The van der Waals surface area contributed by atoms with Gasteiger partial charge in [0.15, 0.2) is 11.0 Å². The number of likely N-dealkylation sites (N-methyl/N-ethyl adjacent to an activating group) is 1. The first-order valence-electron chi connectivity index (χ1n) is 6.46. The molecule has 0 radical (unpaired) electrons. The minimum absolute atomic E-state index is 0.128. The minimum Gasteiger partial charge on any atom is -0.397 e. The lowest BCUT2D eigenvalue weighted by molar-refractivity contribution is 0.139. The van der Waals surface area contributed by atoms with Gasteiger partial charge in [0.2, 0.25) is 0 Å². The number of hydrogen-bond acceptors (Lipinski definition) is 6. The molecule has 19 heavy (non-hydrogen) atoms. The quantitative estimate of drug-likeness (QED) is 0.781. The van der Waals surface area contributed by atoms with E-state index in [2.05, 4.69) is 41.0 Å². The van der Waals surface area contributed by atoms with Gasteiger partial charge in [0.25, 0.3) is 0 Å². The standard InChI is InChI=1S/C13H19N5O/c1-13(2)8-18(7-6-17(13)3)10-5-4-9(14)11-12(10)16-19-15-11/h4-5H,6-8,14H2,1-3H3. The number of nitrogens with two attached hydrogens (primary N) is 1. The maximum atomic E-state index is 5.89. The van der Waals surface area contributed by atoms with E-state index in [4.69, 9.17) is 10.4 Å². The monoisotopic (exact) mass is 261 g/mol. The average Bonchev–Trinajstić information content (AvgIpc) is 2.83. The third-order valence-electron chi connectivity index (χ3n) is 4.08. The molecule has 1 aromatic carbocycles. The van der Waals surface area contributed by atoms with Crippen LogP contribution in [0.5, 0.6) is 0 Å². The first kappa shape index (κ1) is 12.2. The number of rotatable bonds is 1. The number of benzene rings is 1. The van der Waals surface area contributed by atoms with E-state index in [1.165, 1.54) is 0 Å². The van der Waals surface area contributed by atoms with E-state index in [9.17, 15) is 0 Å². The highest BCUT2D eigenvalue weighted by Gasteiger charge is 2.32. The smallest absolute Gasteiger partial charge is 0.160 e. The first-order chi connectivity index (χ1) is 8.99. The Hall–Kier alpha value is -1.82. The lowest BCUT2D eigenvalue weighted by Gasteiger charge is -2.46. The van der Waals surface area contributed by atoms with Gasteiger partial charge in [0, 0.05) is 25.2 Å². The molecule has 2 heterocycles. The van der Waals surface area contributed by atoms with E-state index in [0.29, 0.717) is 11.2 Å². The van der Waals surface area contributed by atoms with Gasteiger partial charge in [-0.1, -0.05) is 0 Å². The highest BCUT2D eigenvalue weighted by Crippen LogP contribution is 2.31. The van der Waals surface area contributed by atoms with Crippen molar-refractivity contribution in [3.63, 3.8) is 0 Å². The van der Waals surface area contributed by atoms with Crippen LogP contribution >= 0.6 is 0 Å². The van der Waals surface area contributed by atoms with E-state index >= 15 is 0 Å². The molecule has 0 aliphatic carbocycles. The summed E-state index contributed by atoms with van der Waals surface area (Å²) in [6, 6.07) is 3.87. The van der Waals surface area contributed by atoms with Crippen molar-refractivity contribution >= 4 is 22.4 Å². The molecule has 0 amide bonds. The number of piperazine rings is 1. The summed E-state index contributed by atoms with van der Waals surface area (Å²) in [6.45, 7) is 7.41. The van der Waals surface area contributed by atoms with E-state index in [1.54, 1.807) is 0 Å². The second kappa shape index (κ2) is 4.09. The first-order valence-corrected chi connectivity index (χ1v) is 6.46. The molecule has 3 rings (SSSR count). The van der Waals surface area contributed by atoms with Crippen molar-refractivity contribution in [2.45, 2.75) is 19.4 Å². The Kier molecular flexibility index (Phi) is 2.63. The van der Waals surface area contributed by atoms with Crippen LogP contribution in [0.2, 0.25) is 0 Å². The van der Waals surface area contributed by atoms with Gasteiger partial charge in [0.1, 0.15) is 0 Å². The van der Waals surface area contributed by atoms with Crippen molar-refractivity contribution in [1.82, 2.24) is 15.2 Å². The van der Waals surface area contributed by atoms with Gasteiger partial charge in [-0.25, -0.2) is 4.63 Å². The van der Waals surface area contributed by atoms with E-state index in [0.717, 1.165) is 30.8 Å². The Bertz CT molecular complexity index is 606. The van der Waals surface area contributed by atoms with Gasteiger partial charge in [-0.3, -0.25) is 4.90 Å². The second-order valence-corrected chi connectivity index (χ2v) is 5.79. The third-order valence-corrected chi connectivity index (χ3v) is 4.08. The van der Waals surface area contributed by atoms with Crippen LogP contribution in [-0.4, -0.2) is 47.4 Å². The molecule has 1 aromatic heterocycles. The molecule has 1 aliphatic heterocycles. The lowest BCUT2D eigenvalue weighted by Crippen LogP contribution is -2.57. The van der Waals surface area contributed by atoms with Gasteiger partial charge < -0.3 is 10.6 Å². The fourth-order valence-electron chi connectivity index (χ4n) is 2.57. The van der Waals surface area contributed by atoms with Crippen LogP contribution in [-0.2, 0) is 0 Å². The van der Waals surface area contributed by atoms with Crippen molar-refractivity contribution < 1.29 is 4.63 Å². The van der Waals surface area contributed by atoms with Gasteiger partial charge in [-0.2, -0.15) is 0 Å². The van der Waals surface area contributed by atoms with Crippen molar-refractivity contribution in [2.24, 2.45) is 0 Å². The number of aromatic nitrogens is 2. The largest absolute Gasteiger partial charge is 0.397 e. The highest BCUT2D eigenvalue weighted by atomic mass is 16.6. The zero-order valence-electron chi connectivity index (χ0n) is 11.6. The summed E-state index contributed by atoms with van der Waals surface area (Å²) < 4.78 is 4.83. The van der Waals surface area contributed by atoms with Crippen LogP contribution in [0.3, 0.4) is 0 Å². The Labute approximate surface area is 112 Å². The van der Waals surface area contributed by atoms with Crippen molar-refractivity contribution in [3.05, 3.63) is 12.1 Å². The number of hydrogen-bond donors (Lipinski definition) is 1. The Morgan fingerprint density at radius 1 is 1.21 bits per heavy atom. The molecule has 1 saturated heterocycles. The zero-order chi connectivity index (χ0) is 13.6. The SMILES string of the molecule is CN1CCN(c2ccc(N)c3nonc23)CC1(C)C. The predicted molar refractivity (Wildman–Crippen MR) is 75.1 cm³/mol. The molecular formula is C13H19N5O. The molecule has 1 fully saturated rings. The van der Waals surface area contributed by atoms with Crippen molar-refractivity contribution in [1.29, 1.82) is 0 Å². The normalized spacial score (nSPS) is 20.1. The molecule has 0 bridgehead atoms. The second-order valence-electron chi connectivity index (χ2n) is 5.79. The predicted octanol–water partition coefficient (Wildman–Crippen LogP) is 1.34. The summed E-state index contributed by atoms with van der Waals surface area (Å²) in [6.07, 6.45) is 0. The van der Waals surface area contributed by atoms with Crippen LogP contribution < -0.4 is 10.6 Å². The molecule has 0 saturated carbocycles. The third kappa shape index (κ3) is 1.92. The van der Waals surface area contributed by atoms with Crippen LogP contribution in [0.1, 0.15) is 13.8 Å². The molecule has 0 atom stereocenters. The number of nitrogens with zero attached hydrogens (tertiary/aromatic N) is 4. The van der Waals surface area contributed by atoms with Gasteiger partial charge in [-0.15, -0.1) is 0 Å². The van der Waals surface area contributed by atoms with Crippen LogP contribution in [0.25, 0.3) is 11.0 Å². The van der Waals surface area contributed by atoms with E-state index in [1.807, 2.05) is 12.1 Å². The van der Waals surface area contributed by atoms with Crippen LogP contribution in [0, 0.1) is 0 Å². The Balaban J connectivity index is 2.01. The van der Waals surface area contributed by atoms with E-state index in [-0.39, 0.29) is 5.54 Å². The summed E-state index contributed by atoms with van der Waals surface area (Å²) in [7, 11) is 2.16. The topological polar surface area (TPSA) is 71.4 Å². The number of fused-ring (bicyclic) bond motifs is 1. The maximum absolute atomic E-state index is 5.89. The average molecular weight is 261 g/mol. The fraction of sp³-hybridized carbons (Fsp3) is 0.538. The van der Waals surface area contributed by atoms with Gasteiger partial charge in [0.05, 0.1) is 11.4 Å². The minimum atomic E-state index is 0.128. The zero-order valence-corrected chi connectivity index (χ0v) is 11.6. The molecule has 0 spiro atoms. The summed E-state index contributed by atoms with van der Waals surface area (Å²) in [5.41, 5.74) is 9.06. The molecule has 0 unspecified atom stereocenters. The highest BCUT2D eigenvalue weighted by molar-refractivity contribution is 5.95. The Morgan fingerprint density at radius 2 is 1.95 bits per heavy atom. The molecule has 102 valence electrons. The summed E-state index contributed by atoms with van der Waals surface area (Å²) >= 11 is 0. The molecule has 2 aromatic rings. The summed E-state index contributed by atoms with van der Waals surface area (Å²) in [5.74, 6) is 0. The summed E-state index contributed by atoms with van der Waals surface area (Å²) in [4.78, 5) is 4.70. The van der Waals surface area contributed by atoms with Crippen LogP contribution in [0.15, 0.2) is 16.8 Å². The number of anilines is 2. The fourth-order valence-corrected chi connectivity index (χ4v) is 2.57. The van der Waals surface area contributed by atoms with Crippen molar-refractivity contribution in [3.8, 4) is 0 Å². The van der Waals surface area contributed by atoms with E-state index < -0.39 is 0 Å². The van der Waals surface area contributed by atoms with Gasteiger partial charge in [-0.05, 0) is 43.3 Å². The maximum Gasteiger partial charge on any atom is 0.160 e. The summed E-state index contributed by atoms with van der Waals surface area (Å²) in [5, 5.41) is 7.88. The molecular weight excluding hydrogens is 242 g/mol. The van der Waals surface area contributed by atoms with Gasteiger partial charge >= 0.3 is 0 Å². The Morgan fingerprint density at radius 3 is 2.68 bits per heavy atom. The molecule has 1 aliphatic rings. The van der Waals surface area contributed by atoms with Crippen LogP contribution in [0.4, 0.5) is 11.4 Å². The molecule has 6 nitrogen and oxygen atoms in total. The lowest BCUT2D eigenvalue weighted by atomic mass is 9.99. The molecule has 2 N–H and O–H groups in total. The van der Waals surface area contributed by atoms with Crippen molar-refractivity contribution in [2.75, 3.05) is 37.3 Å².